The van der Waals surface area contributed by atoms with Gasteiger partial charge in [0.25, 0.3) is 0 Å². The lowest BCUT2D eigenvalue weighted by Gasteiger charge is -2.27. The van der Waals surface area contributed by atoms with E-state index in [9.17, 15) is 9.59 Å². The molecule has 0 radical (unpaired) electrons. The highest BCUT2D eigenvalue weighted by Crippen LogP contribution is 2.34. The van der Waals surface area contributed by atoms with Gasteiger partial charge < -0.3 is 14.6 Å². The number of nitrogens with one attached hydrogen (secondary N) is 1. The van der Waals surface area contributed by atoms with E-state index in [1.54, 1.807) is 42.2 Å². The number of Topliss-reactive ketones (excluding diaryl/α,β-unsaturated/α-hetero) is 1. The number of imidazole rings is 1. The molecule has 2 heterocycles. The topological polar surface area (TPSA) is 73.2 Å². The molecular weight excluding hydrogens is 330 g/mol. The molecule has 3 aromatic rings. The van der Waals surface area contributed by atoms with E-state index in [2.05, 4.69) is 10.3 Å². The van der Waals surface area contributed by atoms with Crippen molar-refractivity contribution in [3.63, 3.8) is 0 Å². The average molecular weight is 347 g/mol. The standard InChI is InChI=1S/C20H17N3O3/c1-23-11-10-21-20(23)26-19(25)14-8-5-9-15-18(14)17(24)12-16(22-15)13-6-3-2-4-7-13/h2-11,16,22H,12H2,1H3. The van der Waals surface area contributed by atoms with E-state index in [0.717, 1.165) is 5.56 Å². The van der Waals surface area contributed by atoms with Crippen molar-refractivity contribution in [3.8, 4) is 6.01 Å². The summed E-state index contributed by atoms with van der Waals surface area (Å²) in [4.78, 5) is 29.4. The lowest BCUT2D eigenvalue weighted by Crippen LogP contribution is -2.26. The Labute approximate surface area is 150 Å². The van der Waals surface area contributed by atoms with Gasteiger partial charge in [-0.25, -0.2) is 9.78 Å². The van der Waals surface area contributed by atoms with Crippen LogP contribution in [0, 0.1) is 0 Å². The molecule has 1 N–H and O–H groups in total. The van der Waals surface area contributed by atoms with E-state index in [4.69, 9.17) is 4.74 Å². The van der Waals surface area contributed by atoms with Gasteiger partial charge in [-0.05, 0) is 17.7 Å². The number of ether oxygens (including phenoxy) is 1. The van der Waals surface area contributed by atoms with Crippen LogP contribution in [0.4, 0.5) is 5.69 Å². The second-order valence-electron chi connectivity index (χ2n) is 6.17. The van der Waals surface area contributed by atoms with E-state index in [-0.39, 0.29) is 29.8 Å². The summed E-state index contributed by atoms with van der Waals surface area (Å²) in [6, 6.07) is 15.0. The Morgan fingerprint density at radius 1 is 1.19 bits per heavy atom. The molecule has 0 bridgehead atoms. The molecule has 0 saturated carbocycles. The second-order valence-corrected chi connectivity index (χ2v) is 6.17. The Kier molecular flexibility index (Phi) is 4.01. The largest absolute Gasteiger partial charge is 0.388 e. The molecule has 1 atom stereocenters. The SMILES string of the molecule is Cn1ccnc1OC(=O)c1cccc2c1C(=O)CC(c1ccccc1)N2. The van der Waals surface area contributed by atoms with E-state index in [1.165, 1.54) is 0 Å². The minimum absolute atomic E-state index is 0.0833. The van der Waals surface area contributed by atoms with Gasteiger partial charge in [-0.3, -0.25) is 4.79 Å². The number of hydrogen-bond acceptors (Lipinski definition) is 5. The zero-order chi connectivity index (χ0) is 18.1. The van der Waals surface area contributed by atoms with Crippen molar-refractivity contribution in [3.05, 3.63) is 77.6 Å². The quantitative estimate of drug-likeness (QED) is 0.735. The van der Waals surface area contributed by atoms with Crippen molar-refractivity contribution in [1.82, 2.24) is 9.55 Å². The number of ketones is 1. The van der Waals surface area contributed by atoms with Gasteiger partial charge in [-0.15, -0.1) is 0 Å². The first kappa shape index (κ1) is 16.1. The minimum Gasteiger partial charge on any atom is -0.388 e. The molecule has 1 aliphatic heterocycles. The zero-order valence-electron chi connectivity index (χ0n) is 14.2. The molecule has 4 rings (SSSR count). The average Bonchev–Trinajstić information content (AvgIpc) is 3.06. The number of aryl methyl sites for hydroxylation is 1. The smallest absolute Gasteiger partial charge is 0.346 e. The van der Waals surface area contributed by atoms with Gasteiger partial charge in [0.2, 0.25) is 0 Å². The number of benzene rings is 2. The first-order valence-corrected chi connectivity index (χ1v) is 8.30. The van der Waals surface area contributed by atoms with Crippen LogP contribution in [0.2, 0.25) is 0 Å². The maximum Gasteiger partial charge on any atom is 0.346 e. The molecule has 1 unspecified atom stereocenters. The molecule has 0 fully saturated rings. The van der Waals surface area contributed by atoms with Gasteiger partial charge in [0, 0.05) is 31.5 Å². The predicted molar refractivity (Wildman–Crippen MR) is 96.4 cm³/mol. The fourth-order valence-corrected chi connectivity index (χ4v) is 3.14. The number of nitrogens with zero attached hydrogens (tertiary/aromatic N) is 2. The van der Waals surface area contributed by atoms with Crippen LogP contribution in [0.5, 0.6) is 6.01 Å². The van der Waals surface area contributed by atoms with Crippen LogP contribution in [-0.2, 0) is 7.05 Å². The van der Waals surface area contributed by atoms with Gasteiger partial charge >= 0.3 is 12.0 Å². The molecular formula is C20H17N3O3. The molecule has 1 aromatic heterocycles. The first-order chi connectivity index (χ1) is 12.6. The van der Waals surface area contributed by atoms with Crippen LogP contribution >= 0.6 is 0 Å². The fourth-order valence-electron chi connectivity index (χ4n) is 3.14. The predicted octanol–water partition coefficient (Wildman–Crippen LogP) is 3.38. The third-order valence-corrected chi connectivity index (χ3v) is 4.45. The molecule has 0 amide bonds. The third kappa shape index (κ3) is 2.86. The van der Waals surface area contributed by atoms with Crippen LogP contribution in [0.3, 0.4) is 0 Å². The Hall–Kier alpha value is -3.41. The number of carbonyl (C=O) groups is 2. The number of anilines is 1. The summed E-state index contributed by atoms with van der Waals surface area (Å²) < 4.78 is 6.93. The van der Waals surface area contributed by atoms with Crippen molar-refractivity contribution in [1.29, 1.82) is 0 Å². The molecule has 6 nitrogen and oxygen atoms in total. The van der Waals surface area contributed by atoms with Gasteiger partial charge in [0.15, 0.2) is 5.78 Å². The van der Waals surface area contributed by atoms with E-state index in [0.29, 0.717) is 11.3 Å². The maximum atomic E-state index is 12.8. The second kappa shape index (κ2) is 6.48. The zero-order valence-corrected chi connectivity index (χ0v) is 14.2. The molecule has 0 saturated heterocycles. The summed E-state index contributed by atoms with van der Waals surface area (Å²) in [5.74, 6) is -0.676. The lowest BCUT2D eigenvalue weighted by molar-refractivity contribution is 0.0708. The lowest BCUT2D eigenvalue weighted by atomic mass is 9.89. The molecule has 0 aliphatic carbocycles. The number of carbonyl (C=O) groups excluding carboxylic acids is 2. The molecule has 130 valence electrons. The van der Waals surface area contributed by atoms with Crippen LogP contribution in [0.1, 0.15) is 38.7 Å². The number of aromatic nitrogens is 2. The summed E-state index contributed by atoms with van der Waals surface area (Å²) >= 11 is 0. The van der Waals surface area contributed by atoms with Crippen LogP contribution < -0.4 is 10.1 Å². The first-order valence-electron chi connectivity index (χ1n) is 8.30. The fraction of sp³-hybridized carbons (Fsp3) is 0.150. The molecule has 0 spiro atoms. The van der Waals surface area contributed by atoms with Crippen LogP contribution in [0.25, 0.3) is 0 Å². The maximum absolute atomic E-state index is 12.8. The summed E-state index contributed by atoms with van der Waals surface area (Å²) in [7, 11) is 1.73. The van der Waals surface area contributed by atoms with E-state index < -0.39 is 5.97 Å². The van der Waals surface area contributed by atoms with Gasteiger partial charge in [-0.1, -0.05) is 36.4 Å². The summed E-state index contributed by atoms with van der Waals surface area (Å²) in [5.41, 5.74) is 2.30. The highest BCUT2D eigenvalue weighted by molar-refractivity contribution is 6.12. The Bertz CT molecular complexity index is 979. The highest BCUT2D eigenvalue weighted by Gasteiger charge is 2.30. The van der Waals surface area contributed by atoms with Crippen molar-refractivity contribution in [2.45, 2.75) is 12.5 Å². The number of hydrogen-bond donors (Lipinski definition) is 1. The van der Waals surface area contributed by atoms with Crippen molar-refractivity contribution in [2.75, 3.05) is 5.32 Å². The van der Waals surface area contributed by atoms with Crippen LogP contribution in [-0.4, -0.2) is 21.3 Å². The number of esters is 1. The van der Waals surface area contributed by atoms with Gasteiger partial charge in [-0.2, -0.15) is 0 Å². The van der Waals surface area contributed by atoms with Gasteiger partial charge in [0.05, 0.1) is 17.2 Å². The Balaban J connectivity index is 1.65. The normalized spacial score (nSPS) is 15.9. The summed E-state index contributed by atoms with van der Waals surface area (Å²) in [6.45, 7) is 0. The molecule has 6 heteroatoms. The van der Waals surface area contributed by atoms with Crippen molar-refractivity contribution >= 4 is 17.4 Å². The van der Waals surface area contributed by atoms with Crippen molar-refractivity contribution < 1.29 is 14.3 Å². The van der Waals surface area contributed by atoms with Crippen LogP contribution in [0.15, 0.2) is 60.9 Å². The summed E-state index contributed by atoms with van der Waals surface area (Å²) in [6.07, 6.45) is 3.50. The van der Waals surface area contributed by atoms with E-state index >= 15 is 0 Å². The van der Waals surface area contributed by atoms with Crippen molar-refractivity contribution in [2.24, 2.45) is 7.05 Å². The van der Waals surface area contributed by atoms with E-state index in [1.807, 2.05) is 30.3 Å². The Morgan fingerprint density at radius 2 is 2.00 bits per heavy atom. The minimum atomic E-state index is -0.593. The van der Waals surface area contributed by atoms with Gasteiger partial charge in [0.1, 0.15) is 0 Å². The number of fused-ring (bicyclic) bond motifs is 1. The molecule has 2 aromatic carbocycles. The monoisotopic (exact) mass is 347 g/mol. The third-order valence-electron chi connectivity index (χ3n) is 4.45. The summed E-state index contributed by atoms with van der Waals surface area (Å²) in [5, 5.41) is 3.36. The number of rotatable bonds is 3. The highest BCUT2D eigenvalue weighted by atomic mass is 16.5. The molecule has 1 aliphatic rings. The Morgan fingerprint density at radius 3 is 2.73 bits per heavy atom. The molecule has 26 heavy (non-hydrogen) atoms.